The van der Waals surface area contributed by atoms with E-state index in [1.54, 1.807) is 13.8 Å². The summed E-state index contributed by atoms with van der Waals surface area (Å²) in [5.41, 5.74) is 5.23. The van der Waals surface area contributed by atoms with Crippen LogP contribution in [-0.4, -0.2) is 29.2 Å². The van der Waals surface area contributed by atoms with Gasteiger partial charge < -0.3 is 16.2 Å². The first kappa shape index (κ1) is 11.9. The number of nitrogens with two attached hydrogens (primary N) is 1. The normalized spacial score (nSPS) is 37.8. The predicted molar refractivity (Wildman–Crippen MR) is 61.6 cm³/mol. The fourth-order valence-corrected chi connectivity index (χ4v) is 3.15. The second-order valence-electron chi connectivity index (χ2n) is 5.97. The van der Waals surface area contributed by atoms with Crippen molar-refractivity contribution in [3.63, 3.8) is 0 Å². The van der Waals surface area contributed by atoms with Crippen LogP contribution in [-0.2, 0) is 4.79 Å². The van der Waals surface area contributed by atoms with Crippen molar-refractivity contribution >= 4 is 5.91 Å². The second-order valence-corrected chi connectivity index (χ2v) is 5.97. The third-order valence-corrected chi connectivity index (χ3v) is 3.98. The van der Waals surface area contributed by atoms with Gasteiger partial charge in [0.2, 0.25) is 5.91 Å². The van der Waals surface area contributed by atoms with E-state index in [1.807, 2.05) is 0 Å². The average molecular weight is 226 g/mol. The average Bonchev–Trinajstić information content (AvgIpc) is 2.73. The number of fused-ring (bicyclic) bond motifs is 2. The van der Waals surface area contributed by atoms with E-state index in [-0.39, 0.29) is 17.9 Å². The molecule has 4 heteroatoms. The molecule has 2 fully saturated rings. The fraction of sp³-hybridized carbons (Fsp3) is 0.917. The first-order valence-electron chi connectivity index (χ1n) is 6.14. The van der Waals surface area contributed by atoms with Gasteiger partial charge in [0.15, 0.2) is 0 Å². The zero-order chi connectivity index (χ0) is 11.9. The Kier molecular flexibility index (Phi) is 2.97. The number of aliphatic hydroxyl groups is 1. The minimum absolute atomic E-state index is 0.0268. The van der Waals surface area contributed by atoms with E-state index in [9.17, 15) is 9.90 Å². The Morgan fingerprint density at radius 3 is 2.56 bits per heavy atom. The fourth-order valence-electron chi connectivity index (χ4n) is 3.15. The Labute approximate surface area is 96.6 Å². The van der Waals surface area contributed by atoms with Crippen LogP contribution in [0.4, 0.5) is 0 Å². The maximum absolute atomic E-state index is 12.0. The molecule has 0 aliphatic heterocycles. The van der Waals surface area contributed by atoms with Crippen molar-refractivity contribution in [2.45, 2.75) is 44.8 Å². The summed E-state index contributed by atoms with van der Waals surface area (Å²) >= 11 is 0. The third kappa shape index (κ3) is 2.23. The van der Waals surface area contributed by atoms with E-state index in [1.165, 1.54) is 6.42 Å². The highest BCUT2D eigenvalue weighted by atomic mass is 16.3. The summed E-state index contributed by atoms with van der Waals surface area (Å²) in [5, 5.41) is 12.4. The van der Waals surface area contributed by atoms with Crippen molar-refractivity contribution in [2.24, 2.45) is 23.5 Å². The van der Waals surface area contributed by atoms with Crippen molar-refractivity contribution in [1.29, 1.82) is 0 Å². The third-order valence-electron chi connectivity index (χ3n) is 3.98. The van der Waals surface area contributed by atoms with Gasteiger partial charge in [-0.2, -0.15) is 0 Å². The quantitative estimate of drug-likeness (QED) is 0.645. The van der Waals surface area contributed by atoms with Gasteiger partial charge in [0.05, 0.1) is 11.5 Å². The minimum atomic E-state index is -0.850. The molecule has 0 radical (unpaired) electrons. The number of hydrogen-bond acceptors (Lipinski definition) is 3. The molecule has 1 amide bonds. The summed E-state index contributed by atoms with van der Waals surface area (Å²) in [4.78, 5) is 12.0. The Morgan fingerprint density at radius 2 is 2.06 bits per heavy atom. The minimum Gasteiger partial charge on any atom is -0.389 e. The van der Waals surface area contributed by atoms with Crippen LogP contribution in [0.5, 0.6) is 0 Å². The van der Waals surface area contributed by atoms with Crippen molar-refractivity contribution in [3.8, 4) is 0 Å². The van der Waals surface area contributed by atoms with Crippen molar-refractivity contribution in [3.05, 3.63) is 0 Å². The lowest BCUT2D eigenvalue weighted by Crippen LogP contribution is -2.48. The van der Waals surface area contributed by atoms with E-state index in [4.69, 9.17) is 5.73 Å². The van der Waals surface area contributed by atoms with Crippen molar-refractivity contribution in [1.82, 2.24) is 5.32 Å². The molecular weight excluding hydrogens is 204 g/mol. The Hall–Kier alpha value is -0.610. The van der Waals surface area contributed by atoms with Gasteiger partial charge in [-0.1, -0.05) is 0 Å². The van der Waals surface area contributed by atoms with Crippen LogP contribution in [0.3, 0.4) is 0 Å². The molecule has 0 aromatic rings. The SMILES string of the molecule is CC(C)(O)CNC(=O)C1C2CCC(C2)C1N. The summed E-state index contributed by atoms with van der Waals surface area (Å²) < 4.78 is 0. The number of amides is 1. The largest absolute Gasteiger partial charge is 0.389 e. The molecule has 92 valence electrons. The van der Waals surface area contributed by atoms with Crippen LogP contribution >= 0.6 is 0 Å². The molecule has 0 spiro atoms. The van der Waals surface area contributed by atoms with Gasteiger partial charge in [0.1, 0.15) is 0 Å². The van der Waals surface area contributed by atoms with Crippen LogP contribution in [0.1, 0.15) is 33.1 Å². The molecule has 4 unspecified atom stereocenters. The van der Waals surface area contributed by atoms with E-state index in [0.29, 0.717) is 18.4 Å². The lowest BCUT2D eigenvalue weighted by Gasteiger charge is -2.28. The zero-order valence-electron chi connectivity index (χ0n) is 10.1. The highest BCUT2D eigenvalue weighted by Gasteiger charge is 2.49. The van der Waals surface area contributed by atoms with Gasteiger partial charge in [0.25, 0.3) is 0 Å². The standard InChI is InChI=1S/C12H22N2O2/c1-12(2,16)6-14-11(15)9-7-3-4-8(5-7)10(9)13/h7-10,16H,3-6,13H2,1-2H3,(H,14,15). The zero-order valence-corrected chi connectivity index (χ0v) is 10.1. The topological polar surface area (TPSA) is 75.3 Å². The molecule has 2 rings (SSSR count). The molecule has 2 aliphatic carbocycles. The number of carbonyl (C=O) groups is 1. The number of carbonyl (C=O) groups excluding carboxylic acids is 1. The smallest absolute Gasteiger partial charge is 0.225 e. The molecule has 2 saturated carbocycles. The van der Waals surface area contributed by atoms with Gasteiger partial charge in [-0.15, -0.1) is 0 Å². The molecule has 0 heterocycles. The van der Waals surface area contributed by atoms with Crippen molar-refractivity contribution < 1.29 is 9.90 Å². The molecule has 0 aromatic heterocycles. The lowest BCUT2D eigenvalue weighted by molar-refractivity contribution is -0.128. The van der Waals surface area contributed by atoms with Crippen LogP contribution in [0, 0.1) is 17.8 Å². The predicted octanol–water partition coefficient (Wildman–Crippen LogP) is 0.247. The van der Waals surface area contributed by atoms with Crippen LogP contribution in [0.2, 0.25) is 0 Å². The number of rotatable bonds is 3. The van der Waals surface area contributed by atoms with E-state index in [2.05, 4.69) is 5.32 Å². The van der Waals surface area contributed by atoms with Crippen molar-refractivity contribution in [2.75, 3.05) is 6.54 Å². The van der Waals surface area contributed by atoms with E-state index >= 15 is 0 Å². The van der Waals surface area contributed by atoms with Gasteiger partial charge >= 0.3 is 0 Å². The van der Waals surface area contributed by atoms with Gasteiger partial charge in [0, 0.05) is 12.6 Å². The Morgan fingerprint density at radius 1 is 1.44 bits per heavy atom. The lowest BCUT2D eigenvalue weighted by atomic mass is 9.84. The molecule has 0 aromatic carbocycles. The summed E-state index contributed by atoms with van der Waals surface area (Å²) in [6.07, 6.45) is 3.43. The van der Waals surface area contributed by atoms with Crippen LogP contribution in [0.15, 0.2) is 0 Å². The molecule has 4 atom stereocenters. The molecule has 0 saturated heterocycles. The summed E-state index contributed by atoms with van der Waals surface area (Å²) in [6.45, 7) is 3.68. The van der Waals surface area contributed by atoms with Crippen LogP contribution in [0.25, 0.3) is 0 Å². The molecule has 2 bridgehead atoms. The summed E-state index contributed by atoms with van der Waals surface area (Å²) in [7, 11) is 0. The molecular formula is C12H22N2O2. The number of nitrogens with one attached hydrogen (secondary N) is 1. The molecule has 2 aliphatic rings. The van der Waals surface area contributed by atoms with E-state index in [0.717, 1.165) is 12.8 Å². The monoisotopic (exact) mass is 226 g/mol. The maximum atomic E-state index is 12.0. The van der Waals surface area contributed by atoms with Gasteiger partial charge in [-0.05, 0) is 44.9 Å². The highest BCUT2D eigenvalue weighted by Crippen LogP contribution is 2.47. The summed E-state index contributed by atoms with van der Waals surface area (Å²) in [5.74, 6) is 1.02. The van der Waals surface area contributed by atoms with E-state index < -0.39 is 5.60 Å². The molecule has 16 heavy (non-hydrogen) atoms. The Bertz CT molecular complexity index is 283. The van der Waals surface area contributed by atoms with Gasteiger partial charge in [-0.25, -0.2) is 0 Å². The highest BCUT2D eigenvalue weighted by molar-refractivity contribution is 5.80. The van der Waals surface area contributed by atoms with Gasteiger partial charge in [-0.3, -0.25) is 4.79 Å². The first-order chi connectivity index (χ1) is 7.38. The summed E-state index contributed by atoms with van der Waals surface area (Å²) in [6, 6.07) is 0.0283. The molecule has 4 N–H and O–H groups in total. The Balaban J connectivity index is 1.91. The second kappa shape index (κ2) is 4.00. The van der Waals surface area contributed by atoms with Crippen LogP contribution < -0.4 is 11.1 Å². The molecule has 4 nitrogen and oxygen atoms in total. The maximum Gasteiger partial charge on any atom is 0.225 e. The first-order valence-corrected chi connectivity index (χ1v) is 6.14. The number of hydrogen-bond donors (Lipinski definition) is 3.